The van der Waals surface area contributed by atoms with Gasteiger partial charge in [0, 0.05) is 45.6 Å². The lowest BCUT2D eigenvalue weighted by Gasteiger charge is -2.33. The lowest BCUT2D eigenvalue weighted by atomic mass is 10.0. The van der Waals surface area contributed by atoms with Crippen LogP contribution in [0.15, 0.2) is 18.3 Å². The van der Waals surface area contributed by atoms with Crippen LogP contribution in [0.1, 0.15) is 24.8 Å². The second kappa shape index (κ2) is 9.89. The van der Waals surface area contributed by atoms with Crippen LogP contribution in [0.4, 0.5) is 19.0 Å². The van der Waals surface area contributed by atoms with E-state index in [1.807, 2.05) is 16.8 Å². The lowest BCUT2D eigenvalue weighted by molar-refractivity contribution is -0.137. The number of halogens is 3. The Balaban J connectivity index is 1.74. The average Bonchev–Trinajstić information content (AvgIpc) is 2.62. The zero-order valence-corrected chi connectivity index (χ0v) is 15.8. The standard InChI is InChI=1S/C18H27F3N4O2/c1-24(8-3-11-27-2)13-17(26)23-15-6-9-25(10-7-15)16-5-4-14(12-22-16)18(19,20)21/h4-5,12,15H,3,6-11,13H2,1-2H3,(H,23,26). The maximum absolute atomic E-state index is 12.6. The molecule has 1 saturated heterocycles. The second-order valence-electron chi connectivity index (χ2n) is 6.82. The number of carbonyl (C=O) groups excluding carboxylic acids is 1. The first-order chi connectivity index (χ1) is 12.8. The number of nitrogens with zero attached hydrogens (tertiary/aromatic N) is 3. The summed E-state index contributed by atoms with van der Waals surface area (Å²) in [4.78, 5) is 20.0. The molecule has 0 spiro atoms. The summed E-state index contributed by atoms with van der Waals surface area (Å²) in [6.07, 6.45) is -1.16. The Labute approximate surface area is 157 Å². The molecule has 0 saturated carbocycles. The number of rotatable bonds is 8. The molecule has 152 valence electrons. The van der Waals surface area contributed by atoms with Gasteiger partial charge in [-0.05, 0) is 38.4 Å². The van der Waals surface area contributed by atoms with Gasteiger partial charge in [0.25, 0.3) is 0 Å². The molecule has 1 aliphatic rings. The third kappa shape index (κ3) is 6.99. The van der Waals surface area contributed by atoms with Gasteiger partial charge in [-0.15, -0.1) is 0 Å². The van der Waals surface area contributed by atoms with Crippen molar-refractivity contribution in [2.75, 3.05) is 51.8 Å². The van der Waals surface area contributed by atoms with E-state index in [0.717, 1.165) is 38.1 Å². The Bertz CT molecular complexity index is 587. The summed E-state index contributed by atoms with van der Waals surface area (Å²) in [6, 6.07) is 2.53. The van der Waals surface area contributed by atoms with Crippen LogP contribution in [-0.4, -0.2) is 68.8 Å². The van der Waals surface area contributed by atoms with Gasteiger partial charge in [0.05, 0.1) is 12.1 Å². The fourth-order valence-corrected chi connectivity index (χ4v) is 3.07. The highest BCUT2D eigenvalue weighted by Gasteiger charge is 2.31. The number of piperidine rings is 1. The van der Waals surface area contributed by atoms with Crippen molar-refractivity contribution in [1.82, 2.24) is 15.2 Å². The number of alkyl halides is 3. The molecular formula is C18H27F3N4O2. The lowest BCUT2D eigenvalue weighted by Crippen LogP contribution is -2.47. The van der Waals surface area contributed by atoms with Crippen molar-refractivity contribution in [2.45, 2.75) is 31.5 Å². The summed E-state index contributed by atoms with van der Waals surface area (Å²) < 4.78 is 42.8. The van der Waals surface area contributed by atoms with Gasteiger partial charge in [-0.25, -0.2) is 4.98 Å². The van der Waals surface area contributed by atoms with E-state index in [9.17, 15) is 18.0 Å². The average molecular weight is 388 g/mol. The van der Waals surface area contributed by atoms with Gasteiger partial charge in [-0.2, -0.15) is 13.2 Å². The minimum atomic E-state index is -4.38. The van der Waals surface area contributed by atoms with Crippen LogP contribution in [-0.2, 0) is 15.7 Å². The van der Waals surface area contributed by atoms with Crippen LogP contribution in [0.25, 0.3) is 0 Å². The van der Waals surface area contributed by atoms with Crippen LogP contribution in [0.3, 0.4) is 0 Å². The van der Waals surface area contributed by atoms with E-state index in [1.54, 1.807) is 7.11 Å². The Morgan fingerprint density at radius 2 is 2.07 bits per heavy atom. The van der Waals surface area contributed by atoms with E-state index in [2.05, 4.69) is 10.3 Å². The van der Waals surface area contributed by atoms with Gasteiger partial charge in [-0.3, -0.25) is 9.69 Å². The monoisotopic (exact) mass is 388 g/mol. The van der Waals surface area contributed by atoms with Crippen LogP contribution in [0.2, 0.25) is 0 Å². The third-order valence-electron chi connectivity index (χ3n) is 4.56. The number of likely N-dealkylation sites (N-methyl/N-ethyl adjacent to an activating group) is 1. The zero-order valence-electron chi connectivity index (χ0n) is 15.8. The molecule has 27 heavy (non-hydrogen) atoms. The largest absolute Gasteiger partial charge is 0.417 e. The van der Waals surface area contributed by atoms with Gasteiger partial charge in [0.15, 0.2) is 0 Å². The highest BCUT2D eigenvalue weighted by molar-refractivity contribution is 5.78. The maximum Gasteiger partial charge on any atom is 0.417 e. The predicted octanol–water partition coefficient (Wildman–Crippen LogP) is 2.15. The third-order valence-corrected chi connectivity index (χ3v) is 4.56. The molecule has 1 amide bonds. The number of aromatic nitrogens is 1. The van der Waals surface area contributed by atoms with E-state index < -0.39 is 11.7 Å². The van der Waals surface area contributed by atoms with E-state index in [-0.39, 0.29) is 11.9 Å². The fraction of sp³-hybridized carbons (Fsp3) is 0.667. The number of pyridine rings is 1. The minimum Gasteiger partial charge on any atom is -0.385 e. The van der Waals surface area contributed by atoms with Crippen molar-refractivity contribution in [3.8, 4) is 0 Å². The van der Waals surface area contributed by atoms with Gasteiger partial charge in [-0.1, -0.05) is 0 Å². The number of nitrogens with one attached hydrogen (secondary N) is 1. The van der Waals surface area contributed by atoms with Crippen LogP contribution in [0.5, 0.6) is 0 Å². The smallest absolute Gasteiger partial charge is 0.385 e. The van der Waals surface area contributed by atoms with Crippen molar-refractivity contribution in [3.63, 3.8) is 0 Å². The SMILES string of the molecule is COCCCN(C)CC(=O)NC1CCN(c2ccc(C(F)(F)F)cn2)CC1. The summed E-state index contributed by atoms with van der Waals surface area (Å²) in [7, 11) is 3.55. The van der Waals surface area contributed by atoms with Gasteiger partial charge >= 0.3 is 6.18 Å². The topological polar surface area (TPSA) is 57.7 Å². The molecule has 1 aromatic rings. The summed E-state index contributed by atoms with van der Waals surface area (Å²) >= 11 is 0. The zero-order chi connectivity index (χ0) is 19.9. The summed E-state index contributed by atoms with van der Waals surface area (Å²) in [5.74, 6) is 0.520. The fourth-order valence-electron chi connectivity index (χ4n) is 3.07. The first kappa shape index (κ1) is 21.4. The molecule has 2 rings (SSSR count). The van der Waals surface area contributed by atoms with E-state index in [0.29, 0.717) is 32.1 Å². The maximum atomic E-state index is 12.6. The highest BCUT2D eigenvalue weighted by Crippen LogP contribution is 2.29. The molecule has 1 aliphatic heterocycles. The molecule has 1 N–H and O–H groups in total. The van der Waals surface area contributed by atoms with Gasteiger partial charge in [0.2, 0.25) is 5.91 Å². The Hall–Kier alpha value is -1.87. The van der Waals surface area contributed by atoms with E-state index >= 15 is 0 Å². The molecule has 1 aromatic heterocycles. The van der Waals surface area contributed by atoms with Crippen molar-refractivity contribution in [3.05, 3.63) is 23.9 Å². The summed E-state index contributed by atoms with van der Waals surface area (Å²) in [5.41, 5.74) is -0.747. The van der Waals surface area contributed by atoms with Gasteiger partial charge < -0.3 is 15.0 Å². The molecule has 0 atom stereocenters. The van der Waals surface area contributed by atoms with Crippen LogP contribution < -0.4 is 10.2 Å². The molecule has 0 aromatic carbocycles. The summed E-state index contributed by atoms with van der Waals surface area (Å²) in [6.45, 7) is 3.09. The number of anilines is 1. The number of amides is 1. The van der Waals surface area contributed by atoms with Crippen molar-refractivity contribution in [1.29, 1.82) is 0 Å². The summed E-state index contributed by atoms with van der Waals surface area (Å²) in [5, 5.41) is 3.03. The molecular weight excluding hydrogens is 361 g/mol. The molecule has 0 unspecified atom stereocenters. The number of carbonyl (C=O) groups is 1. The minimum absolute atomic E-state index is 0.0129. The molecule has 6 nitrogen and oxygen atoms in total. The van der Waals surface area contributed by atoms with Crippen LogP contribution in [0, 0.1) is 0 Å². The normalized spacial score (nSPS) is 16.0. The van der Waals surface area contributed by atoms with Crippen molar-refractivity contribution in [2.24, 2.45) is 0 Å². The Morgan fingerprint density at radius 1 is 1.37 bits per heavy atom. The number of methoxy groups -OCH3 is 1. The first-order valence-corrected chi connectivity index (χ1v) is 9.04. The van der Waals surface area contributed by atoms with Crippen molar-refractivity contribution >= 4 is 11.7 Å². The van der Waals surface area contributed by atoms with E-state index in [1.165, 1.54) is 6.07 Å². The van der Waals surface area contributed by atoms with E-state index in [4.69, 9.17) is 4.74 Å². The molecule has 0 bridgehead atoms. The number of hydrogen-bond acceptors (Lipinski definition) is 5. The Morgan fingerprint density at radius 3 is 2.63 bits per heavy atom. The molecule has 9 heteroatoms. The molecule has 0 aliphatic carbocycles. The van der Waals surface area contributed by atoms with Crippen LogP contribution >= 0.6 is 0 Å². The molecule has 2 heterocycles. The molecule has 0 radical (unpaired) electrons. The van der Waals surface area contributed by atoms with Gasteiger partial charge in [0.1, 0.15) is 5.82 Å². The first-order valence-electron chi connectivity index (χ1n) is 9.04. The quantitative estimate of drug-likeness (QED) is 0.692. The number of hydrogen-bond donors (Lipinski definition) is 1. The Kier molecular flexibility index (Phi) is 7.85. The molecule has 1 fully saturated rings. The predicted molar refractivity (Wildman–Crippen MR) is 96.6 cm³/mol. The number of ether oxygens (including phenoxy) is 1. The highest BCUT2D eigenvalue weighted by atomic mass is 19.4. The van der Waals surface area contributed by atoms with Crippen molar-refractivity contribution < 1.29 is 22.7 Å². The second-order valence-corrected chi connectivity index (χ2v) is 6.82.